The highest BCUT2D eigenvalue weighted by molar-refractivity contribution is 5.30. The third kappa shape index (κ3) is 2.99. The Kier molecular flexibility index (Phi) is 3.82. The molecule has 0 radical (unpaired) electrons. The normalized spacial score (nSPS) is 12.7. The van der Waals surface area contributed by atoms with Gasteiger partial charge in [0.05, 0.1) is 0 Å². The molecule has 1 heterocycles. The highest BCUT2D eigenvalue weighted by Crippen LogP contribution is 2.12. The monoisotopic (exact) mass is 243 g/mol. The summed E-state index contributed by atoms with van der Waals surface area (Å²) in [6.07, 6.45) is 5.49. The molecule has 3 nitrogen and oxygen atoms in total. The van der Waals surface area contributed by atoms with E-state index in [1.165, 1.54) is 16.7 Å². The number of aryl methyl sites for hydroxylation is 3. The van der Waals surface area contributed by atoms with Gasteiger partial charge in [0.2, 0.25) is 0 Å². The van der Waals surface area contributed by atoms with E-state index in [2.05, 4.69) is 37.0 Å². The van der Waals surface area contributed by atoms with Crippen molar-refractivity contribution < 1.29 is 0 Å². The molecule has 1 aromatic carbocycles. The van der Waals surface area contributed by atoms with Crippen molar-refractivity contribution >= 4 is 0 Å². The molecule has 0 aliphatic heterocycles. The maximum absolute atomic E-state index is 6.20. The number of nitrogens with zero attached hydrogens (tertiary/aromatic N) is 2. The number of imidazole rings is 1. The van der Waals surface area contributed by atoms with E-state index < -0.39 is 0 Å². The quantitative estimate of drug-likeness (QED) is 0.894. The number of hydrogen-bond donors (Lipinski definition) is 1. The predicted molar refractivity (Wildman–Crippen MR) is 74.5 cm³/mol. The van der Waals surface area contributed by atoms with E-state index in [4.69, 9.17) is 5.73 Å². The van der Waals surface area contributed by atoms with Crippen LogP contribution in [0.5, 0.6) is 0 Å². The van der Waals surface area contributed by atoms with E-state index >= 15 is 0 Å². The molecule has 2 aromatic rings. The minimum Gasteiger partial charge on any atom is -0.338 e. The lowest BCUT2D eigenvalue weighted by Gasteiger charge is -2.12. The van der Waals surface area contributed by atoms with Crippen LogP contribution in [0.1, 0.15) is 22.5 Å². The first kappa shape index (κ1) is 12.8. The van der Waals surface area contributed by atoms with Gasteiger partial charge in [-0.2, -0.15) is 0 Å². The highest BCUT2D eigenvalue weighted by atomic mass is 15.0. The number of rotatable bonds is 4. The molecule has 1 unspecified atom stereocenters. The molecule has 0 spiro atoms. The summed E-state index contributed by atoms with van der Waals surface area (Å²) in [5.74, 6) is 1.05. The Labute approximate surface area is 109 Å². The Morgan fingerprint density at radius 2 is 2.00 bits per heavy atom. The molecule has 0 bridgehead atoms. The fraction of sp³-hybridized carbons (Fsp3) is 0.400. The van der Waals surface area contributed by atoms with Gasteiger partial charge in [0.1, 0.15) is 5.82 Å². The summed E-state index contributed by atoms with van der Waals surface area (Å²) in [5, 5.41) is 0. The van der Waals surface area contributed by atoms with Gasteiger partial charge in [-0.1, -0.05) is 18.2 Å². The summed E-state index contributed by atoms with van der Waals surface area (Å²) in [4.78, 5) is 4.31. The van der Waals surface area contributed by atoms with E-state index in [0.29, 0.717) is 0 Å². The molecule has 96 valence electrons. The third-order valence-corrected chi connectivity index (χ3v) is 3.43. The van der Waals surface area contributed by atoms with Crippen molar-refractivity contribution in [2.75, 3.05) is 0 Å². The fourth-order valence-corrected chi connectivity index (χ4v) is 2.13. The number of benzene rings is 1. The molecule has 0 aliphatic rings. The second kappa shape index (κ2) is 5.36. The molecule has 18 heavy (non-hydrogen) atoms. The molecule has 0 saturated heterocycles. The molecule has 1 aromatic heterocycles. The van der Waals surface area contributed by atoms with E-state index in [1.807, 2.05) is 24.0 Å². The largest absolute Gasteiger partial charge is 0.338 e. The predicted octanol–water partition coefficient (Wildman–Crippen LogP) is 2.15. The van der Waals surface area contributed by atoms with Gasteiger partial charge < -0.3 is 10.3 Å². The second-order valence-corrected chi connectivity index (χ2v) is 5.04. The molecule has 0 fully saturated rings. The number of nitrogens with two attached hydrogens (primary N) is 1. The van der Waals surface area contributed by atoms with Gasteiger partial charge in [-0.3, -0.25) is 0 Å². The first-order valence-corrected chi connectivity index (χ1v) is 6.34. The molecule has 2 rings (SSSR count). The van der Waals surface area contributed by atoms with E-state index in [-0.39, 0.29) is 6.04 Å². The average molecular weight is 243 g/mol. The van der Waals surface area contributed by atoms with E-state index in [0.717, 1.165) is 18.7 Å². The summed E-state index contributed by atoms with van der Waals surface area (Å²) in [5.41, 5.74) is 10.2. The van der Waals surface area contributed by atoms with Crippen molar-refractivity contribution in [1.29, 1.82) is 0 Å². The lowest BCUT2D eigenvalue weighted by molar-refractivity contribution is 0.622. The summed E-state index contributed by atoms with van der Waals surface area (Å²) in [7, 11) is 2.01. The minimum atomic E-state index is 0.119. The molecule has 3 heteroatoms. The first-order valence-electron chi connectivity index (χ1n) is 6.34. The lowest BCUT2D eigenvalue weighted by atomic mass is 10.00. The van der Waals surface area contributed by atoms with Crippen molar-refractivity contribution in [3.63, 3.8) is 0 Å². The second-order valence-electron chi connectivity index (χ2n) is 5.04. The first-order chi connectivity index (χ1) is 8.56. The Bertz CT molecular complexity index is 528. The van der Waals surface area contributed by atoms with E-state index in [1.54, 1.807) is 0 Å². The average Bonchev–Trinajstić information content (AvgIpc) is 2.70. The van der Waals surface area contributed by atoms with Crippen LogP contribution in [0.3, 0.4) is 0 Å². The van der Waals surface area contributed by atoms with Gasteiger partial charge in [-0.05, 0) is 37.0 Å². The van der Waals surface area contributed by atoms with Crippen molar-refractivity contribution in [2.45, 2.75) is 32.7 Å². The molecule has 0 amide bonds. The molecular weight excluding hydrogens is 222 g/mol. The molecule has 0 aliphatic carbocycles. The summed E-state index contributed by atoms with van der Waals surface area (Å²) < 4.78 is 2.03. The maximum Gasteiger partial charge on any atom is 0.109 e. The van der Waals surface area contributed by atoms with Crippen LogP contribution in [0.25, 0.3) is 0 Å². The topological polar surface area (TPSA) is 43.8 Å². The summed E-state index contributed by atoms with van der Waals surface area (Å²) in [6.45, 7) is 4.27. The Morgan fingerprint density at radius 3 is 2.61 bits per heavy atom. The molecule has 1 atom stereocenters. The third-order valence-electron chi connectivity index (χ3n) is 3.43. The van der Waals surface area contributed by atoms with Gasteiger partial charge in [0.15, 0.2) is 0 Å². The minimum absolute atomic E-state index is 0.119. The van der Waals surface area contributed by atoms with Crippen LogP contribution >= 0.6 is 0 Å². The SMILES string of the molecule is Cc1ccc(CC(N)Cc2nccn2C)cc1C. The Hall–Kier alpha value is -1.61. The van der Waals surface area contributed by atoms with Crippen molar-refractivity contribution in [2.24, 2.45) is 12.8 Å². The van der Waals surface area contributed by atoms with Crippen molar-refractivity contribution in [1.82, 2.24) is 9.55 Å². The molecule has 0 saturated carbocycles. The van der Waals surface area contributed by atoms with Crippen LogP contribution < -0.4 is 5.73 Å². The standard InChI is InChI=1S/C15H21N3/c1-11-4-5-13(8-12(11)2)9-14(16)10-15-17-6-7-18(15)3/h4-8,14H,9-10,16H2,1-3H3. The fourth-order valence-electron chi connectivity index (χ4n) is 2.13. The highest BCUT2D eigenvalue weighted by Gasteiger charge is 2.09. The van der Waals surface area contributed by atoms with Crippen LogP contribution in [-0.2, 0) is 19.9 Å². The Balaban J connectivity index is 2.01. The zero-order valence-corrected chi connectivity index (χ0v) is 11.4. The van der Waals surface area contributed by atoms with Crippen molar-refractivity contribution in [3.8, 4) is 0 Å². The Morgan fingerprint density at radius 1 is 1.22 bits per heavy atom. The maximum atomic E-state index is 6.20. The van der Waals surface area contributed by atoms with Gasteiger partial charge >= 0.3 is 0 Å². The van der Waals surface area contributed by atoms with Crippen LogP contribution in [-0.4, -0.2) is 15.6 Å². The van der Waals surface area contributed by atoms with Gasteiger partial charge in [0.25, 0.3) is 0 Å². The van der Waals surface area contributed by atoms with Crippen LogP contribution in [0.2, 0.25) is 0 Å². The van der Waals surface area contributed by atoms with Gasteiger partial charge in [-0.25, -0.2) is 4.98 Å². The van der Waals surface area contributed by atoms with Crippen LogP contribution in [0.4, 0.5) is 0 Å². The molecular formula is C15H21N3. The lowest BCUT2D eigenvalue weighted by Crippen LogP contribution is -2.27. The van der Waals surface area contributed by atoms with Crippen LogP contribution in [0, 0.1) is 13.8 Å². The van der Waals surface area contributed by atoms with Gasteiger partial charge in [0, 0.05) is 31.9 Å². The zero-order chi connectivity index (χ0) is 13.1. The van der Waals surface area contributed by atoms with E-state index in [9.17, 15) is 0 Å². The summed E-state index contributed by atoms with van der Waals surface area (Å²) >= 11 is 0. The van der Waals surface area contributed by atoms with Crippen molar-refractivity contribution in [3.05, 3.63) is 53.1 Å². The summed E-state index contributed by atoms with van der Waals surface area (Å²) in [6, 6.07) is 6.68. The number of hydrogen-bond acceptors (Lipinski definition) is 2. The number of aromatic nitrogens is 2. The smallest absolute Gasteiger partial charge is 0.109 e. The molecule has 2 N–H and O–H groups in total. The zero-order valence-electron chi connectivity index (χ0n) is 11.4. The van der Waals surface area contributed by atoms with Gasteiger partial charge in [-0.15, -0.1) is 0 Å². The van der Waals surface area contributed by atoms with Crippen LogP contribution in [0.15, 0.2) is 30.6 Å².